The smallest absolute Gasteiger partial charge is 0.134 e. The van der Waals surface area contributed by atoms with Crippen molar-refractivity contribution in [1.82, 2.24) is 0 Å². The molecule has 1 aliphatic carbocycles. The first-order valence-corrected chi connectivity index (χ1v) is 7.19. The molecule has 2 N–H and O–H groups in total. The molecule has 102 valence electrons. The Labute approximate surface area is 113 Å². The van der Waals surface area contributed by atoms with Gasteiger partial charge in [0.05, 0.1) is 19.3 Å². The van der Waals surface area contributed by atoms with Gasteiger partial charge in [-0.3, -0.25) is 0 Å². The zero-order valence-electron chi connectivity index (χ0n) is 11.2. The van der Waals surface area contributed by atoms with E-state index in [0.29, 0.717) is 19.3 Å². The first-order chi connectivity index (χ1) is 9.38. The summed E-state index contributed by atoms with van der Waals surface area (Å²) in [5, 5.41) is 1.14. The third-order valence-electron chi connectivity index (χ3n) is 3.98. The maximum atomic E-state index is 6.06. The third kappa shape index (κ3) is 2.67. The fourth-order valence-electron chi connectivity index (χ4n) is 2.91. The lowest BCUT2D eigenvalue weighted by molar-refractivity contribution is 0.0167. The Balaban J connectivity index is 1.78. The molecule has 3 heteroatoms. The Morgan fingerprint density at radius 3 is 2.74 bits per heavy atom. The summed E-state index contributed by atoms with van der Waals surface area (Å²) < 4.78 is 11.8. The highest BCUT2D eigenvalue weighted by atomic mass is 16.5. The van der Waals surface area contributed by atoms with E-state index in [4.69, 9.17) is 14.9 Å². The Morgan fingerprint density at radius 2 is 1.95 bits per heavy atom. The van der Waals surface area contributed by atoms with Gasteiger partial charge in [0.2, 0.25) is 0 Å². The number of benzene rings is 1. The lowest BCUT2D eigenvalue weighted by Crippen LogP contribution is -2.16. The summed E-state index contributed by atoms with van der Waals surface area (Å²) in [4.78, 5) is 0. The fraction of sp³-hybridized carbons (Fsp3) is 0.500. The predicted octanol–water partition coefficient (Wildman–Crippen LogP) is 3.74. The number of rotatable bonds is 4. The first kappa shape index (κ1) is 12.7. The van der Waals surface area contributed by atoms with Crippen LogP contribution in [-0.2, 0) is 17.9 Å². The predicted molar refractivity (Wildman–Crippen MR) is 75.8 cm³/mol. The van der Waals surface area contributed by atoms with Crippen molar-refractivity contribution in [2.24, 2.45) is 5.73 Å². The fourth-order valence-corrected chi connectivity index (χ4v) is 2.91. The van der Waals surface area contributed by atoms with Crippen molar-refractivity contribution in [3.8, 4) is 0 Å². The van der Waals surface area contributed by atoms with Crippen LogP contribution in [0.3, 0.4) is 0 Å². The van der Waals surface area contributed by atoms with E-state index in [1.165, 1.54) is 32.1 Å². The van der Waals surface area contributed by atoms with Crippen LogP contribution in [0.1, 0.15) is 43.4 Å². The molecule has 0 atom stereocenters. The largest absolute Gasteiger partial charge is 0.459 e. The second kappa shape index (κ2) is 5.76. The van der Waals surface area contributed by atoms with Gasteiger partial charge in [0, 0.05) is 10.9 Å². The van der Waals surface area contributed by atoms with Gasteiger partial charge in [-0.15, -0.1) is 0 Å². The van der Waals surface area contributed by atoms with Gasteiger partial charge in [0.15, 0.2) is 0 Å². The summed E-state index contributed by atoms with van der Waals surface area (Å²) in [5.41, 5.74) is 7.81. The molecule has 0 amide bonds. The number of para-hydroxylation sites is 1. The minimum absolute atomic E-state index is 0.410. The van der Waals surface area contributed by atoms with Gasteiger partial charge in [-0.25, -0.2) is 0 Å². The maximum absolute atomic E-state index is 6.06. The number of nitrogens with two attached hydrogens (primary N) is 1. The maximum Gasteiger partial charge on any atom is 0.134 e. The number of hydrogen-bond donors (Lipinski definition) is 1. The normalized spacial score (nSPS) is 17.1. The summed E-state index contributed by atoms with van der Waals surface area (Å²) in [6, 6.07) is 8.08. The summed E-state index contributed by atoms with van der Waals surface area (Å²) in [5.74, 6) is 0.858. The topological polar surface area (TPSA) is 48.4 Å². The van der Waals surface area contributed by atoms with Crippen LogP contribution in [0.25, 0.3) is 11.0 Å². The van der Waals surface area contributed by atoms with Crippen molar-refractivity contribution in [2.45, 2.75) is 51.4 Å². The van der Waals surface area contributed by atoms with E-state index >= 15 is 0 Å². The lowest BCUT2D eigenvalue weighted by atomic mass is 9.98. The van der Waals surface area contributed by atoms with E-state index in [2.05, 4.69) is 6.07 Å². The Kier molecular flexibility index (Phi) is 3.85. The van der Waals surface area contributed by atoms with Crippen molar-refractivity contribution in [2.75, 3.05) is 0 Å². The van der Waals surface area contributed by atoms with Crippen molar-refractivity contribution >= 4 is 11.0 Å². The van der Waals surface area contributed by atoms with Crippen molar-refractivity contribution in [1.29, 1.82) is 0 Å². The molecule has 1 aromatic heterocycles. The Morgan fingerprint density at radius 1 is 1.16 bits per heavy atom. The van der Waals surface area contributed by atoms with Gasteiger partial charge < -0.3 is 14.9 Å². The zero-order valence-corrected chi connectivity index (χ0v) is 11.2. The summed E-state index contributed by atoms with van der Waals surface area (Å²) in [6.45, 7) is 1.05. The second-order valence-corrected chi connectivity index (χ2v) is 5.28. The van der Waals surface area contributed by atoms with E-state index in [1.54, 1.807) is 0 Å². The van der Waals surface area contributed by atoms with Gasteiger partial charge in [0.1, 0.15) is 11.3 Å². The van der Waals surface area contributed by atoms with Gasteiger partial charge in [-0.2, -0.15) is 0 Å². The number of ether oxygens (including phenoxy) is 1. The zero-order chi connectivity index (χ0) is 13.1. The van der Waals surface area contributed by atoms with Crippen LogP contribution < -0.4 is 5.73 Å². The van der Waals surface area contributed by atoms with E-state index in [0.717, 1.165) is 22.3 Å². The molecule has 1 fully saturated rings. The number of furan rings is 1. The molecule has 1 saturated carbocycles. The van der Waals surface area contributed by atoms with Gasteiger partial charge in [0.25, 0.3) is 0 Å². The molecular weight excluding hydrogens is 238 g/mol. The van der Waals surface area contributed by atoms with Crippen LogP contribution in [0, 0.1) is 0 Å². The van der Waals surface area contributed by atoms with Crippen molar-refractivity contribution < 1.29 is 9.15 Å². The quantitative estimate of drug-likeness (QED) is 0.909. The van der Waals surface area contributed by atoms with Crippen LogP contribution in [0.2, 0.25) is 0 Å². The third-order valence-corrected chi connectivity index (χ3v) is 3.98. The molecule has 19 heavy (non-hydrogen) atoms. The van der Waals surface area contributed by atoms with Gasteiger partial charge in [-0.1, -0.05) is 37.5 Å². The SMILES string of the molecule is NCc1oc2ccccc2c1COC1CCCCC1. The molecular formula is C16H21NO2. The summed E-state index contributed by atoms with van der Waals surface area (Å²) >= 11 is 0. The van der Waals surface area contributed by atoms with E-state index < -0.39 is 0 Å². The first-order valence-electron chi connectivity index (χ1n) is 7.19. The molecule has 3 rings (SSSR count). The molecule has 0 spiro atoms. The van der Waals surface area contributed by atoms with Gasteiger partial charge >= 0.3 is 0 Å². The van der Waals surface area contributed by atoms with Crippen LogP contribution in [0.5, 0.6) is 0 Å². The summed E-state index contributed by atoms with van der Waals surface area (Å²) in [7, 11) is 0. The molecule has 1 aromatic carbocycles. The van der Waals surface area contributed by atoms with E-state index in [1.807, 2.05) is 18.2 Å². The Hall–Kier alpha value is -1.32. The number of fused-ring (bicyclic) bond motifs is 1. The monoisotopic (exact) mass is 259 g/mol. The molecule has 0 bridgehead atoms. The minimum atomic E-state index is 0.410. The van der Waals surface area contributed by atoms with Crippen LogP contribution >= 0.6 is 0 Å². The molecule has 1 aliphatic rings. The summed E-state index contributed by atoms with van der Waals surface area (Å²) in [6.07, 6.45) is 6.72. The molecule has 0 aliphatic heterocycles. The molecule has 1 heterocycles. The molecule has 0 radical (unpaired) electrons. The highest BCUT2D eigenvalue weighted by molar-refractivity contribution is 5.82. The second-order valence-electron chi connectivity index (χ2n) is 5.28. The van der Waals surface area contributed by atoms with Gasteiger partial charge in [-0.05, 0) is 18.9 Å². The van der Waals surface area contributed by atoms with Crippen LogP contribution in [-0.4, -0.2) is 6.10 Å². The molecule has 0 unspecified atom stereocenters. The standard InChI is InChI=1S/C16H21NO2/c17-10-16-14(11-18-12-6-2-1-3-7-12)13-8-4-5-9-15(13)19-16/h4-5,8-9,12H,1-3,6-7,10-11,17H2. The van der Waals surface area contributed by atoms with Crippen molar-refractivity contribution in [3.63, 3.8) is 0 Å². The average molecular weight is 259 g/mol. The highest BCUT2D eigenvalue weighted by Gasteiger charge is 2.17. The molecule has 2 aromatic rings. The van der Waals surface area contributed by atoms with E-state index in [9.17, 15) is 0 Å². The van der Waals surface area contributed by atoms with Crippen molar-refractivity contribution in [3.05, 3.63) is 35.6 Å². The number of hydrogen-bond acceptors (Lipinski definition) is 3. The lowest BCUT2D eigenvalue weighted by Gasteiger charge is -2.22. The minimum Gasteiger partial charge on any atom is -0.459 e. The van der Waals surface area contributed by atoms with E-state index in [-0.39, 0.29) is 0 Å². The molecule has 0 saturated heterocycles. The molecule has 3 nitrogen and oxygen atoms in total. The average Bonchev–Trinajstić information content (AvgIpc) is 2.84. The van der Waals surface area contributed by atoms with Crippen LogP contribution in [0.4, 0.5) is 0 Å². The highest BCUT2D eigenvalue weighted by Crippen LogP contribution is 2.28. The Bertz CT molecular complexity index is 541. The van der Waals surface area contributed by atoms with Crippen LogP contribution in [0.15, 0.2) is 28.7 Å².